The maximum absolute atomic E-state index is 13.5. The lowest BCUT2D eigenvalue weighted by Gasteiger charge is -2.48. The number of ether oxygens (including phenoxy) is 1. The third-order valence-corrected chi connectivity index (χ3v) is 16.0. The van der Waals surface area contributed by atoms with Crippen molar-refractivity contribution >= 4 is 43.1 Å². The summed E-state index contributed by atoms with van der Waals surface area (Å²) in [6.07, 6.45) is 11.9. The van der Waals surface area contributed by atoms with Gasteiger partial charge in [0.05, 0.1) is 35.6 Å². The van der Waals surface area contributed by atoms with Gasteiger partial charge < -0.3 is 14.7 Å². The third kappa shape index (κ3) is 8.60. The van der Waals surface area contributed by atoms with E-state index in [4.69, 9.17) is 16.3 Å². The van der Waals surface area contributed by atoms with Crippen LogP contribution in [0.3, 0.4) is 0 Å². The lowest BCUT2D eigenvalue weighted by molar-refractivity contribution is -0.00346. The summed E-state index contributed by atoms with van der Waals surface area (Å²) in [4.78, 5) is 17.8. The first-order valence-corrected chi connectivity index (χ1v) is 22.4. The Morgan fingerprint density at radius 1 is 1.19 bits per heavy atom. The fourth-order valence-electron chi connectivity index (χ4n) is 8.26. The van der Waals surface area contributed by atoms with E-state index in [1.807, 2.05) is 37.0 Å². The largest absolute Gasteiger partial charge is 0.490 e. The molecule has 1 amide bonds. The number of carbonyl (C=O) groups excluding carboxylic acids is 1. The molecule has 2 N–H and O–H groups in total. The molecule has 6 atom stereocenters. The molecule has 288 valence electrons. The molecule has 6 rings (SSSR count). The summed E-state index contributed by atoms with van der Waals surface area (Å²) in [5.74, 6) is 5.90. The Balaban J connectivity index is 1.39. The van der Waals surface area contributed by atoms with Crippen LogP contribution in [-0.4, -0.2) is 94.4 Å². The molecule has 2 saturated carbocycles. The van der Waals surface area contributed by atoms with Crippen molar-refractivity contribution in [3.05, 3.63) is 70.8 Å². The van der Waals surface area contributed by atoms with Crippen LogP contribution in [0.5, 0.6) is 5.75 Å². The molecule has 2 aliphatic carbocycles. The second-order valence-electron chi connectivity index (χ2n) is 15.6. The summed E-state index contributed by atoms with van der Waals surface area (Å²) in [6.45, 7) is 12.5. The Kier molecular flexibility index (Phi) is 11.6. The lowest BCUT2D eigenvalue weighted by atomic mass is 9.64. The van der Waals surface area contributed by atoms with E-state index < -0.39 is 42.0 Å². The molecular formula is C40H52ClN3O7S2. The van der Waals surface area contributed by atoms with E-state index in [0.717, 1.165) is 43.3 Å². The van der Waals surface area contributed by atoms with Crippen LogP contribution >= 0.6 is 11.6 Å². The fraction of sp³-hybridized carbons (Fsp3) is 0.575. The minimum absolute atomic E-state index is 0.0357. The van der Waals surface area contributed by atoms with E-state index in [2.05, 4.69) is 28.0 Å². The first-order chi connectivity index (χ1) is 25.0. The highest BCUT2D eigenvalue weighted by Gasteiger charge is 2.48. The minimum Gasteiger partial charge on any atom is -0.490 e. The Labute approximate surface area is 320 Å². The van der Waals surface area contributed by atoms with E-state index >= 15 is 0 Å². The number of hydrogen-bond acceptors (Lipinski definition) is 9. The summed E-state index contributed by atoms with van der Waals surface area (Å²) in [5.41, 5.74) is 1.01. The fourth-order valence-corrected chi connectivity index (χ4v) is 10.9. The maximum atomic E-state index is 13.5. The van der Waals surface area contributed by atoms with Gasteiger partial charge in [-0.25, -0.2) is 21.6 Å². The molecule has 3 fully saturated rings. The number of allylic oxidation sites excluding steroid dienone is 5. The molecule has 5 aliphatic rings. The van der Waals surface area contributed by atoms with Crippen molar-refractivity contribution in [2.45, 2.75) is 70.1 Å². The Morgan fingerprint density at radius 2 is 1.94 bits per heavy atom. The first kappa shape index (κ1) is 39.6. The highest BCUT2D eigenvalue weighted by atomic mass is 35.5. The van der Waals surface area contributed by atoms with Crippen LogP contribution in [0, 0.1) is 35.0 Å². The van der Waals surface area contributed by atoms with Gasteiger partial charge >= 0.3 is 0 Å². The van der Waals surface area contributed by atoms with Gasteiger partial charge in [-0.05, 0) is 106 Å². The molecule has 0 radical (unpaired) electrons. The van der Waals surface area contributed by atoms with E-state index in [1.165, 1.54) is 0 Å². The van der Waals surface area contributed by atoms with Crippen LogP contribution < -0.4 is 14.4 Å². The smallest absolute Gasteiger partial charge is 0.264 e. The first-order valence-electron chi connectivity index (χ1n) is 18.7. The van der Waals surface area contributed by atoms with Gasteiger partial charge in [-0.15, -0.1) is 0 Å². The van der Waals surface area contributed by atoms with Crippen LogP contribution in [0.4, 0.5) is 5.69 Å². The quantitative estimate of drug-likeness (QED) is 0.306. The van der Waals surface area contributed by atoms with E-state index in [-0.39, 0.29) is 34.8 Å². The van der Waals surface area contributed by atoms with E-state index in [9.17, 15) is 26.7 Å². The second kappa shape index (κ2) is 15.6. The number of benzene rings is 1. The number of fused-ring (bicyclic) bond motifs is 2. The molecule has 2 bridgehead atoms. The molecule has 1 aromatic rings. The van der Waals surface area contributed by atoms with Crippen molar-refractivity contribution in [1.29, 1.82) is 0 Å². The number of anilines is 1. The number of sulfone groups is 1. The molecule has 10 nitrogen and oxygen atoms in total. The van der Waals surface area contributed by atoms with Crippen molar-refractivity contribution in [2.75, 3.05) is 55.7 Å². The predicted molar refractivity (Wildman–Crippen MR) is 210 cm³/mol. The van der Waals surface area contributed by atoms with Crippen LogP contribution in [0.1, 0.15) is 69.7 Å². The third-order valence-electron chi connectivity index (χ3n) is 12.1. The van der Waals surface area contributed by atoms with Gasteiger partial charge in [-0.2, -0.15) is 0 Å². The van der Waals surface area contributed by atoms with Gasteiger partial charge in [-0.3, -0.25) is 9.69 Å². The number of sulfonamides is 1. The zero-order valence-corrected chi connectivity index (χ0v) is 33.3. The van der Waals surface area contributed by atoms with Crippen molar-refractivity contribution < 1.29 is 31.5 Å². The monoisotopic (exact) mass is 785 g/mol. The zero-order valence-electron chi connectivity index (χ0n) is 30.9. The van der Waals surface area contributed by atoms with Gasteiger partial charge in [0.1, 0.15) is 11.4 Å². The molecule has 3 heterocycles. The van der Waals surface area contributed by atoms with Gasteiger partial charge in [0.2, 0.25) is 10.0 Å². The van der Waals surface area contributed by atoms with Crippen molar-refractivity contribution in [3.8, 4) is 17.6 Å². The van der Waals surface area contributed by atoms with Crippen molar-refractivity contribution in [3.63, 3.8) is 0 Å². The lowest BCUT2D eigenvalue weighted by Crippen LogP contribution is -2.51. The molecule has 1 spiro atoms. The highest BCUT2D eigenvalue weighted by molar-refractivity contribution is 7.91. The number of halogens is 1. The summed E-state index contributed by atoms with van der Waals surface area (Å²) in [5, 5.41) is 12.1. The number of amides is 1. The predicted octanol–water partition coefficient (Wildman–Crippen LogP) is 5.22. The van der Waals surface area contributed by atoms with Crippen LogP contribution in [0.25, 0.3) is 0 Å². The Morgan fingerprint density at radius 3 is 2.64 bits per heavy atom. The topological polar surface area (TPSA) is 133 Å². The summed E-state index contributed by atoms with van der Waals surface area (Å²) >= 11 is 6.48. The average Bonchev–Trinajstić information content (AvgIpc) is 3.25. The minimum atomic E-state index is -4.05. The Bertz CT molecular complexity index is 1990. The molecule has 0 aromatic heterocycles. The summed E-state index contributed by atoms with van der Waals surface area (Å²) in [6, 6.07) is 5.06. The molecule has 1 aromatic carbocycles. The molecule has 53 heavy (non-hydrogen) atoms. The van der Waals surface area contributed by atoms with Crippen LogP contribution in [0.15, 0.2) is 65.3 Å². The number of nitrogens with one attached hydrogen (secondary N) is 1. The van der Waals surface area contributed by atoms with Crippen LogP contribution in [-0.2, 0) is 19.9 Å². The Hall–Kier alpha value is -3.08. The molecule has 1 saturated heterocycles. The SMILES string of the molecule is C=C1/C(=C\C(Cl)=C/C)CCC[C@]12COc1ccc3cc1N(C[C@@H]1CC[C@H]1[C@@](O)(C#CCN1CCS(=O)(=O)CC1)/C=C/C[C@H](C)[C@@H](C)S(=O)(=O)NC3=O)C2. The summed E-state index contributed by atoms with van der Waals surface area (Å²) in [7, 11) is -7.08. The van der Waals surface area contributed by atoms with Crippen LogP contribution in [0.2, 0.25) is 0 Å². The standard InChI is InChI=1S/C40H52ClN3O7S2/c1-5-34(41)23-31-10-7-15-39(29(31)3)26-44-25-33-11-13-35(33)40(46,17-8-18-43-19-21-52(47,48)22-20-43)16-6-9-28(2)30(4)53(49,50)42-38(45)32-12-14-37(51-27-39)36(44)24-32/h5-6,12,14,16,23-24,28,30,33,35,46H,3,7,9-11,13,15,18-22,25-27H2,1-2,4H3,(H,42,45)/b16-6+,31-23-,34-5+/t28-,30+,33-,35+,39-,40-/m0/s1. The highest BCUT2D eigenvalue weighted by Crippen LogP contribution is 2.50. The number of rotatable bonds is 2. The van der Waals surface area contributed by atoms with E-state index in [0.29, 0.717) is 62.2 Å². The number of aliphatic hydroxyl groups is 1. The molecular weight excluding hydrogens is 734 g/mol. The van der Waals surface area contributed by atoms with E-state index in [1.54, 1.807) is 31.2 Å². The van der Waals surface area contributed by atoms with Gasteiger partial charge in [0.15, 0.2) is 9.84 Å². The second-order valence-corrected chi connectivity index (χ2v) is 20.4. The van der Waals surface area contributed by atoms with Gasteiger partial charge in [0, 0.05) is 48.1 Å². The van der Waals surface area contributed by atoms with Gasteiger partial charge in [0.25, 0.3) is 5.91 Å². The van der Waals surface area contributed by atoms with Crippen molar-refractivity contribution in [1.82, 2.24) is 9.62 Å². The molecule has 0 unspecified atom stereocenters. The molecule has 3 aliphatic heterocycles. The number of nitrogens with zero attached hydrogens (tertiary/aromatic N) is 2. The maximum Gasteiger partial charge on any atom is 0.264 e. The van der Waals surface area contributed by atoms with Crippen molar-refractivity contribution in [2.24, 2.45) is 23.2 Å². The summed E-state index contributed by atoms with van der Waals surface area (Å²) < 4.78 is 59.7. The zero-order chi connectivity index (χ0) is 38.2. The van der Waals surface area contributed by atoms with Gasteiger partial charge in [-0.1, -0.05) is 49.1 Å². The normalized spacial score (nSPS) is 34.8. The number of carbonyl (C=O) groups is 1. The molecule has 13 heteroatoms. The number of hydrogen-bond donors (Lipinski definition) is 2. The average molecular weight is 786 g/mol.